The van der Waals surface area contributed by atoms with Crippen LogP contribution in [-0.2, 0) is 9.47 Å². The number of alkyl halides is 2. The molecule has 0 aliphatic heterocycles. The Morgan fingerprint density at radius 1 is 1.24 bits per heavy atom. The lowest BCUT2D eigenvalue weighted by Gasteiger charge is -2.24. The van der Waals surface area contributed by atoms with Crippen molar-refractivity contribution < 1.29 is 28.2 Å². The number of hydrogen-bond donors (Lipinski definition) is 2. The molecule has 1 aromatic heterocycles. The van der Waals surface area contributed by atoms with Crippen LogP contribution in [0.1, 0.15) is 36.7 Å². The molecule has 0 amide bonds. The molecular weight excluding hydrogens is 382 g/mol. The van der Waals surface area contributed by atoms with Crippen molar-refractivity contribution in [2.45, 2.75) is 46.3 Å². The van der Waals surface area contributed by atoms with Gasteiger partial charge in [0.05, 0.1) is 17.4 Å². The third kappa shape index (κ3) is 6.62. The molecule has 2 N–H and O–H groups in total. The summed E-state index contributed by atoms with van der Waals surface area (Å²) in [7, 11) is 0. The number of rotatable bonds is 9. The molecule has 1 heterocycles. The predicted octanol–water partition coefficient (Wildman–Crippen LogP) is 5.06. The second kappa shape index (κ2) is 9.58. The minimum atomic E-state index is -3.78. The Morgan fingerprint density at radius 2 is 1.97 bits per heavy atom. The van der Waals surface area contributed by atoms with Crippen LogP contribution in [-0.4, -0.2) is 34.7 Å². The number of carbonyl (C=O) groups is 1. The van der Waals surface area contributed by atoms with Crippen LogP contribution >= 0.6 is 0 Å². The van der Waals surface area contributed by atoms with Gasteiger partial charge in [-0.1, -0.05) is 30.4 Å². The van der Waals surface area contributed by atoms with E-state index in [1.165, 1.54) is 32.1 Å². The third-order valence-electron chi connectivity index (χ3n) is 3.93. The van der Waals surface area contributed by atoms with Gasteiger partial charge in [0.2, 0.25) is 0 Å². The standard InChI is InChI=1S/C21H24F2N2O4/c1-5-7-14(3)28-21(22,23)29-15(4)24-18-11-10-13(2)19(25-18)16-8-6-9-17(12-16)20(26)27/h5-12,14-15H,1-4H3,(H,24,25)(H,26,27)/b7-5-. The normalized spacial score (nSPS) is 14.0. The van der Waals surface area contributed by atoms with Crippen molar-refractivity contribution in [1.82, 2.24) is 4.98 Å². The number of allylic oxidation sites excluding steroid dienone is 1. The highest BCUT2D eigenvalue weighted by atomic mass is 19.3. The Hall–Kier alpha value is -2.84. The Morgan fingerprint density at radius 3 is 2.62 bits per heavy atom. The van der Waals surface area contributed by atoms with Gasteiger partial charge < -0.3 is 10.4 Å². The van der Waals surface area contributed by atoms with Crippen LogP contribution in [0.25, 0.3) is 11.3 Å². The number of aryl methyl sites for hydroxylation is 1. The molecule has 2 unspecified atom stereocenters. The number of nitrogens with one attached hydrogen (secondary N) is 1. The minimum Gasteiger partial charge on any atom is -0.478 e. The van der Waals surface area contributed by atoms with E-state index in [0.717, 1.165) is 5.56 Å². The van der Waals surface area contributed by atoms with E-state index in [9.17, 15) is 13.6 Å². The molecule has 156 valence electrons. The first-order valence-electron chi connectivity index (χ1n) is 9.05. The van der Waals surface area contributed by atoms with Gasteiger partial charge in [-0.3, -0.25) is 9.47 Å². The average Bonchev–Trinajstić information content (AvgIpc) is 2.62. The van der Waals surface area contributed by atoms with E-state index in [0.29, 0.717) is 17.1 Å². The maximum atomic E-state index is 13.9. The number of aromatic nitrogens is 1. The highest BCUT2D eigenvalue weighted by molar-refractivity contribution is 5.89. The highest BCUT2D eigenvalue weighted by Gasteiger charge is 2.36. The molecule has 2 aromatic rings. The zero-order chi connectivity index (χ0) is 21.6. The molecule has 0 spiro atoms. The Kier molecular flexibility index (Phi) is 7.41. The van der Waals surface area contributed by atoms with Gasteiger partial charge in [0.15, 0.2) is 0 Å². The summed E-state index contributed by atoms with van der Waals surface area (Å²) in [5.41, 5.74) is 2.08. The van der Waals surface area contributed by atoms with E-state index < -0.39 is 24.6 Å². The number of ether oxygens (including phenoxy) is 2. The number of carboxylic acids is 1. The summed E-state index contributed by atoms with van der Waals surface area (Å²) in [6.45, 7) is 6.41. The van der Waals surface area contributed by atoms with E-state index in [-0.39, 0.29) is 5.56 Å². The van der Waals surface area contributed by atoms with Crippen molar-refractivity contribution in [1.29, 1.82) is 0 Å². The maximum absolute atomic E-state index is 13.9. The molecule has 0 aliphatic carbocycles. The second-order valence-electron chi connectivity index (χ2n) is 6.46. The number of aromatic carboxylic acids is 1. The zero-order valence-corrected chi connectivity index (χ0v) is 16.6. The van der Waals surface area contributed by atoms with E-state index in [1.807, 2.05) is 6.92 Å². The Bertz CT molecular complexity index is 887. The molecule has 0 aliphatic rings. The molecule has 2 rings (SSSR count). The maximum Gasteiger partial charge on any atom is 0.487 e. The topological polar surface area (TPSA) is 80.7 Å². The van der Waals surface area contributed by atoms with E-state index in [2.05, 4.69) is 19.8 Å². The molecule has 2 atom stereocenters. The summed E-state index contributed by atoms with van der Waals surface area (Å²) in [4.78, 5) is 15.6. The Balaban J connectivity index is 2.15. The fourth-order valence-corrected chi connectivity index (χ4v) is 2.70. The van der Waals surface area contributed by atoms with Crippen LogP contribution < -0.4 is 5.32 Å². The van der Waals surface area contributed by atoms with Gasteiger partial charge in [-0.15, -0.1) is 8.78 Å². The average molecular weight is 406 g/mol. The summed E-state index contributed by atoms with van der Waals surface area (Å²) >= 11 is 0. The lowest BCUT2D eigenvalue weighted by Crippen LogP contribution is -2.35. The molecule has 29 heavy (non-hydrogen) atoms. The summed E-state index contributed by atoms with van der Waals surface area (Å²) < 4.78 is 37.0. The monoisotopic (exact) mass is 406 g/mol. The van der Waals surface area contributed by atoms with E-state index in [4.69, 9.17) is 5.11 Å². The van der Waals surface area contributed by atoms with E-state index >= 15 is 0 Å². The predicted molar refractivity (Wildman–Crippen MR) is 106 cm³/mol. The number of pyridine rings is 1. The summed E-state index contributed by atoms with van der Waals surface area (Å²) in [6.07, 6.45) is -2.60. The fourth-order valence-electron chi connectivity index (χ4n) is 2.70. The highest BCUT2D eigenvalue weighted by Crippen LogP contribution is 2.26. The van der Waals surface area contributed by atoms with Crippen molar-refractivity contribution >= 4 is 11.8 Å². The van der Waals surface area contributed by atoms with Gasteiger partial charge in [-0.2, -0.15) is 0 Å². The lowest BCUT2D eigenvalue weighted by atomic mass is 10.0. The van der Waals surface area contributed by atoms with Crippen LogP contribution in [0.3, 0.4) is 0 Å². The van der Waals surface area contributed by atoms with Gasteiger partial charge in [-0.25, -0.2) is 9.78 Å². The largest absolute Gasteiger partial charge is 0.487 e. The molecule has 0 bridgehead atoms. The van der Waals surface area contributed by atoms with Crippen LogP contribution in [0.15, 0.2) is 48.6 Å². The number of benzene rings is 1. The molecule has 0 radical (unpaired) electrons. The summed E-state index contributed by atoms with van der Waals surface area (Å²) in [5, 5.41) is 11.9. The molecule has 0 saturated carbocycles. The lowest BCUT2D eigenvalue weighted by molar-refractivity contribution is -0.408. The fraction of sp³-hybridized carbons (Fsp3) is 0.333. The quantitative estimate of drug-likeness (QED) is 0.447. The second-order valence-corrected chi connectivity index (χ2v) is 6.46. The van der Waals surface area contributed by atoms with Gasteiger partial charge in [0.1, 0.15) is 12.0 Å². The first-order chi connectivity index (χ1) is 13.6. The molecular formula is C21H24F2N2O4. The number of anilines is 1. The van der Waals surface area contributed by atoms with Crippen molar-refractivity contribution in [3.8, 4) is 11.3 Å². The van der Waals surface area contributed by atoms with Crippen LogP contribution in [0.4, 0.5) is 14.6 Å². The van der Waals surface area contributed by atoms with Gasteiger partial charge >= 0.3 is 12.3 Å². The number of hydrogen-bond acceptors (Lipinski definition) is 5. The number of nitrogens with zero attached hydrogens (tertiary/aromatic N) is 1. The molecule has 0 saturated heterocycles. The van der Waals surface area contributed by atoms with E-state index in [1.54, 1.807) is 37.3 Å². The molecule has 0 fully saturated rings. The van der Waals surface area contributed by atoms with Crippen molar-refractivity contribution in [3.05, 3.63) is 59.7 Å². The number of carboxylic acid groups (broad SMARTS) is 1. The Labute approximate surface area is 168 Å². The van der Waals surface area contributed by atoms with Crippen LogP contribution in [0.5, 0.6) is 0 Å². The smallest absolute Gasteiger partial charge is 0.478 e. The first kappa shape index (κ1) is 22.4. The van der Waals surface area contributed by atoms with Gasteiger partial charge in [-0.05, 0) is 51.5 Å². The van der Waals surface area contributed by atoms with Crippen molar-refractivity contribution in [2.24, 2.45) is 0 Å². The summed E-state index contributed by atoms with van der Waals surface area (Å²) in [6, 6.07) is 9.72. The summed E-state index contributed by atoms with van der Waals surface area (Å²) in [5.74, 6) is -0.744. The van der Waals surface area contributed by atoms with Crippen LogP contribution in [0, 0.1) is 6.92 Å². The van der Waals surface area contributed by atoms with Gasteiger partial charge in [0.25, 0.3) is 0 Å². The molecule has 1 aromatic carbocycles. The number of halogens is 2. The van der Waals surface area contributed by atoms with Crippen molar-refractivity contribution in [3.63, 3.8) is 0 Å². The van der Waals surface area contributed by atoms with Crippen molar-refractivity contribution in [2.75, 3.05) is 5.32 Å². The molecule has 8 heteroatoms. The zero-order valence-electron chi connectivity index (χ0n) is 16.6. The third-order valence-corrected chi connectivity index (χ3v) is 3.93. The molecule has 6 nitrogen and oxygen atoms in total. The van der Waals surface area contributed by atoms with Gasteiger partial charge in [0, 0.05) is 5.56 Å². The van der Waals surface area contributed by atoms with Crippen LogP contribution in [0.2, 0.25) is 0 Å². The SMILES string of the molecule is C/C=C\C(C)OC(F)(F)OC(C)Nc1ccc(C)c(-c2cccc(C(=O)O)c2)n1. The first-order valence-corrected chi connectivity index (χ1v) is 9.05. The minimum absolute atomic E-state index is 0.130.